The molecule has 2 fully saturated rings. The number of nitrogens with one attached hydrogen (secondary N) is 1. The molecule has 2 aromatic rings. The van der Waals surface area contributed by atoms with Gasteiger partial charge in [-0.25, -0.2) is 4.79 Å². The van der Waals surface area contributed by atoms with Crippen molar-refractivity contribution in [2.24, 2.45) is 0 Å². The van der Waals surface area contributed by atoms with Gasteiger partial charge in [-0.05, 0) is 69.9 Å². The van der Waals surface area contributed by atoms with Crippen LogP contribution in [0.3, 0.4) is 0 Å². The van der Waals surface area contributed by atoms with Crippen molar-refractivity contribution in [1.82, 2.24) is 19.5 Å². The van der Waals surface area contributed by atoms with Gasteiger partial charge in [0.1, 0.15) is 10.5 Å². The molecular formula is C27H38N4O4S. The maximum absolute atomic E-state index is 12.7. The van der Waals surface area contributed by atoms with Crippen LogP contribution < -0.4 is 9.46 Å². The topological polar surface area (TPSA) is 90.0 Å². The Hall–Kier alpha value is -2.17. The Labute approximate surface area is 217 Å². The van der Waals surface area contributed by atoms with Crippen LogP contribution in [0.1, 0.15) is 57.7 Å². The highest BCUT2D eigenvalue weighted by Gasteiger charge is 2.42. The summed E-state index contributed by atoms with van der Waals surface area (Å²) in [4.78, 5) is 21.5. The van der Waals surface area contributed by atoms with Gasteiger partial charge in [-0.1, -0.05) is 18.2 Å². The largest absolute Gasteiger partial charge is 0.598 e. The molecule has 2 aliphatic rings. The van der Waals surface area contributed by atoms with E-state index in [2.05, 4.69) is 20.7 Å². The second kappa shape index (κ2) is 11.5. The second-order valence-corrected chi connectivity index (χ2v) is 12.5. The predicted octanol–water partition coefficient (Wildman–Crippen LogP) is 4.02. The number of rotatable bonds is 6. The van der Waals surface area contributed by atoms with Crippen LogP contribution in [0.5, 0.6) is 5.75 Å². The minimum absolute atomic E-state index is 0.0981. The third kappa shape index (κ3) is 6.20. The molecule has 0 radical (unpaired) electrons. The smallest absolute Gasteiger partial charge is 0.415 e. The molecule has 3 heterocycles. The summed E-state index contributed by atoms with van der Waals surface area (Å²) in [5.74, 6) is 0.559. The number of benzene rings is 1. The van der Waals surface area contributed by atoms with Crippen molar-refractivity contribution >= 4 is 17.5 Å². The van der Waals surface area contributed by atoms with Crippen molar-refractivity contribution in [2.45, 2.75) is 56.9 Å². The lowest BCUT2D eigenvalue weighted by Gasteiger charge is -2.49. The first-order valence-corrected chi connectivity index (χ1v) is 13.8. The minimum Gasteiger partial charge on any atom is -0.598 e. The fourth-order valence-corrected chi connectivity index (χ4v) is 5.63. The lowest BCUT2D eigenvalue weighted by molar-refractivity contribution is -0.0485. The molecule has 8 nitrogen and oxygen atoms in total. The van der Waals surface area contributed by atoms with Gasteiger partial charge in [0.25, 0.3) is 0 Å². The van der Waals surface area contributed by atoms with Gasteiger partial charge in [0.05, 0.1) is 11.6 Å². The molecule has 1 aromatic heterocycles. The molecule has 1 N–H and O–H groups in total. The molecule has 0 aliphatic carbocycles. The fraction of sp³-hybridized carbons (Fsp3) is 0.556. The van der Waals surface area contributed by atoms with E-state index in [0.29, 0.717) is 32.1 Å². The Kier molecular flexibility index (Phi) is 8.57. The average molecular weight is 515 g/mol. The molecule has 36 heavy (non-hydrogen) atoms. The van der Waals surface area contributed by atoms with Crippen molar-refractivity contribution < 1.29 is 18.8 Å². The fourth-order valence-electron chi connectivity index (χ4n) is 4.82. The predicted molar refractivity (Wildman–Crippen MR) is 141 cm³/mol. The molecule has 2 saturated heterocycles. The van der Waals surface area contributed by atoms with Crippen LogP contribution in [0.2, 0.25) is 0 Å². The molecule has 0 saturated carbocycles. The number of carbonyl (C=O) groups is 1. The Morgan fingerprint density at radius 2 is 1.81 bits per heavy atom. The van der Waals surface area contributed by atoms with Crippen LogP contribution in [-0.2, 0) is 21.6 Å². The summed E-state index contributed by atoms with van der Waals surface area (Å²) in [6, 6.07) is 11.3. The Balaban J connectivity index is 1.47. The SMILES string of the molecule is C[C@H](N[S+]([O-])C(C)(C)C)c1cncc(C2(N3CCN(C(=O)Oc4ccccc4)CC3)CCOCC2)c1. The lowest BCUT2D eigenvalue weighted by Crippen LogP contribution is -2.58. The van der Waals surface area contributed by atoms with Gasteiger partial charge in [0.2, 0.25) is 0 Å². The number of aromatic nitrogens is 1. The number of nitrogens with zero attached hydrogens (tertiary/aromatic N) is 3. The molecule has 2 atom stereocenters. The number of hydrogen-bond donors (Lipinski definition) is 1. The van der Waals surface area contributed by atoms with E-state index in [-0.39, 0.29) is 22.4 Å². The van der Waals surface area contributed by atoms with Crippen molar-refractivity contribution in [3.05, 3.63) is 59.9 Å². The maximum Gasteiger partial charge on any atom is 0.415 e. The van der Waals surface area contributed by atoms with Crippen LogP contribution in [-0.4, -0.2) is 69.6 Å². The highest BCUT2D eigenvalue weighted by atomic mass is 32.2. The Morgan fingerprint density at radius 1 is 1.14 bits per heavy atom. The molecule has 0 bridgehead atoms. The zero-order valence-electron chi connectivity index (χ0n) is 21.7. The third-order valence-corrected chi connectivity index (χ3v) is 8.73. The average Bonchev–Trinajstić information content (AvgIpc) is 2.89. The number of amides is 1. The molecular weight excluding hydrogens is 476 g/mol. The summed E-state index contributed by atoms with van der Waals surface area (Å²) in [5.41, 5.74) is 1.96. The van der Waals surface area contributed by atoms with Crippen LogP contribution in [0.15, 0.2) is 48.8 Å². The van der Waals surface area contributed by atoms with E-state index >= 15 is 0 Å². The summed E-state index contributed by atoms with van der Waals surface area (Å²) >= 11 is -1.18. The van der Waals surface area contributed by atoms with Crippen molar-refractivity contribution in [3.63, 3.8) is 0 Å². The summed E-state index contributed by atoms with van der Waals surface area (Å²) in [5, 5.41) is 0. The van der Waals surface area contributed by atoms with Crippen LogP contribution >= 0.6 is 0 Å². The number of pyridine rings is 1. The molecule has 1 unspecified atom stereocenters. The number of piperazine rings is 1. The van der Waals surface area contributed by atoms with E-state index in [1.807, 2.05) is 58.3 Å². The van der Waals surface area contributed by atoms with Gasteiger partial charge < -0.3 is 18.9 Å². The zero-order valence-corrected chi connectivity index (χ0v) is 22.6. The van der Waals surface area contributed by atoms with E-state index < -0.39 is 11.4 Å². The van der Waals surface area contributed by atoms with Gasteiger partial charge in [-0.2, -0.15) is 0 Å². The summed E-state index contributed by atoms with van der Waals surface area (Å²) < 4.78 is 26.8. The van der Waals surface area contributed by atoms with Crippen molar-refractivity contribution in [2.75, 3.05) is 39.4 Å². The quantitative estimate of drug-likeness (QED) is 0.583. The first-order valence-electron chi connectivity index (χ1n) is 12.7. The molecule has 1 aromatic carbocycles. The summed E-state index contributed by atoms with van der Waals surface area (Å²) in [7, 11) is 0. The maximum atomic E-state index is 12.7. The minimum atomic E-state index is -1.18. The normalized spacial score (nSPS) is 20.5. The van der Waals surface area contributed by atoms with Crippen molar-refractivity contribution in [3.8, 4) is 5.75 Å². The van der Waals surface area contributed by atoms with E-state index in [1.165, 1.54) is 0 Å². The second-order valence-electron chi connectivity index (χ2n) is 10.5. The van der Waals surface area contributed by atoms with Crippen molar-refractivity contribution in [1.29, 1.82) is 0 Å². The zero-order chi connectivity index (χ0) is 25.8. The highest BCUT2D eigenvalue weighted by Crippen LogP contribution is 2.39. The van der Waals surface area contributed by atoms with Gasteiger partial charge in [-0.15, -0.1) is 4.72 Å². The number of hydrogen-bond acceptors (Lipinski definition) is 7. The van der Waals surface area contributed by atoms with Crippen LogP contribution in [0.25, 0.3) is 0 Å². The third-order valence-electron chi connectivity index (χ3n) is 7.05. The first kappa shape index (κ1) is 26.9. The van der Waals surface area contributed by atoms with E-state index in [0.717, 1.165) is 37.1 Å². The molecule has 1 amide bonds. The standard InChI is InChI=1S/C27H38N4O4S/c1-21(29-36(33)26(2,3)4)22-18-23(20-28-19-22)27(10-16-34-17-11-27)31-14-12-30(13-15-31)25(32)35-24-8-6-5-7-9-24/h5-9,18-21,29H,10-17H2,1-4H3/t21-,36?/m0/s1. The molecule has 9 heteroatoms. The lowest BCUT2D eigenvalue weighted by atomic mass is 9.80. The molecule has 4 rings (SSSR count). The molecule has 196 valence electrons. The van der Waals surface area contributed by atoms with Gasteiger partial charge in [-0.3, -0.25) is 9.88 Å². The molecule has 0 spiro atoms. The van der Waals surface area contributed by atoms with Crippen LogP contribution in [0.4, 0.5) is 4.79 Å². The number of ether oxygens (including phenoxy) is 2. The molecule has 2 aliphatic heterocycles. The Morgan fingerprint density at radius 3 is 2.44 bits per heavy atom. The summed E-state index contributed by atoms with van der Waals surface area (Å²) in [6.07, 6.45) is 5.23. The van der Waals surface area contributed by atoms with Gasteiger partial charge >= 0.3 is 6.09 Å². The monoisotopic (exact) mass is 514 g/mol. The number of carbonyl (C=O) groups excluding carboxylic acids is 1. The number of para-hydroxylation sites is 1. The van der Waals surface area contributed by atoms with E-state index in [1.54, 1.807) is 17.0 Å². The van der Waals surface area contributed by atoms with E-state index in [9.17, 15) is 9.35 Å². The first-order chi connectivity index (χ1) is 17.2. The van der Waals surface area contributed by atoms with Gasteiger partial charge in [0.15, 0.2) is 0 Å². The van der Waals surface area contributed by atoms with Gasteiger partial charge in [0, 0.05) is 63.1 Å². The Bertz CT molecular complexity index is 1000. The summed E-state index contributed by atoms with van der Waals surface area (Å²) in [6.45, 7) is 12.0. The van der Waals surface area contributed by atoms with Crippen LogP contribution in [0, 0.1) is 0 Å². The van der Waals surface area contributed by atoms with E-state index in [4.69, 9.17) is 9.47 Å². The highest BCUT2D eigenvalue weighted by molar-refractivity contribution is 7.90.